The van der Waals surface area contributed by atoms with Crippen molar-refractivity contribution in [3.05, 3.63) is 29.8 Å². The molecule has 0 saturated carbocycles. The highest BCUT2D eigenvalue weighted by molar-refractivity contribution is 6.62. The van der Waals surface area contributed by atoms with Crippen molar-refractivity contribution in [2.24, 2.45) is 0 Å². The second-order valence-corrected chi connectivity index (χ2v) is 6.79. The van der Waals surface area contributed by atoms with Gasteiger partial charge in [-0.25, -0.2) is 0 Å². The van der Waals surface area contributed by atoms with Crippen LogP contribution in [0, 0.1) is 11.3 Å². The van der Waals surface area contributed by atoms with Gasteiger partial charge in [0.15, 0.2) is 6.10 Å². The minimum absolute atomic E-state index is 0.0181. The van der Waals surface area contributed by atoms with Crippen LogP contribution in [0.25, 0.3) is 0 Å². The van der Waals surface area contributed by atoms with Crippen molar-refractivity contribution in [1.29, 1.82) is 5.26 Å². The van der Waals surface area contributed by atoms with Gasteiger partial charge in [0.2, 0.25) is 0 Å². The van der Waals surface area contributed by atoms with Crippen LogP contribution in [-0.2, 0) is 34.9 Å². The van der Waals surface area contributed by atoms with Gasteiger partial charge < -0.3 is 23.5 Å². The Balaban J connectivity index is 2.22. The Kier molecular flexibility index (Phi) is 6.42. The molecule has 2 rings (SSSR count). The molecule has 26 heavy (non-hydrogen) atoms. The number of ether oxygens (including phenoxy) is 3. The summed E-state index contributed by atoms with van der Waals surface area (Å²) in [4.78, 5) is 11.0. The maximum absolute atomic E-state index is 11.0. The first kappa shape index (κ1) is 20.4. The lowest BCUT2D eigenvalue weighted by molar-refractivity contribution is -0.143. The van der Waals surface area contributed by atoms with Gasteiger partial charge in [-0.3, -0.25) is 4.79 Å². The van der Waals surface area contributed by atoms with Crippen LogP contribution >= 0.6 is 0 Å². The van der Waals surface area contributed by atoms with Gasteiger partial charge in [0, 0.05) is 14.0 Å². The van der Waals surface area contributed by atoms with Gasteiger partial charge in [0.1, 0.15) is 19.0 Å². The number of methoxy groups -OCH3 is 1. The largest absolute Gasteiger partial charge is 0.494 e. The van der Waals surface area contributed by atoms with Crippen LogP contribution < -0.4 is 5.46 Å². The number of hydrogen-bond acceptors (Lipinski definition) is 7. The van der Waals surface area contributed by atoms with E-state index in [0.29, 0.717) is 0 Å². The van der Waals surface area contributed by atoms with Crippen molar-refractivity contribution < 1.29 is 28.3 Å². The predicted molar refractivity (Wildman–Crippen MR) is 94.3 cm³/mol. The molecule has 2 unspecified atom stereocenters. The molecule has 1 saturated heterocycles. The molecule has 140 valence electrons. The van der Waals surface area contributed by atoms with Crippen LogP contribution in [0.3, 0.4) is 0 Å². The summed E-state index contributed by atoms with van der Waals surface area (Å²) in [6.07, 6.45) is -0.869. The first-order chi connectivity index (χ1) is 12.2. The third-order valence-electron chi connectivity index (χ3n) is 4.58. The Morgan fingerprint density at radius 3 is 2.69 bits per heavy atom. The van der Waals surface area contributed by atoms with Crippen LogP contribution in [0.1, 0.15) is 33.3 Å². The number of nitrogens with zero attached hydrogens (tertiary/aromatic N) is 1. The summed E-state index contributed by atoms with van der Waals surface area (Å²) in [6.45, 7) is 7.03. The molecule has 0 radical (unpaired) electrons. The number of carbonyl (C=O) groups is 1. The van der Waals surface area contributed by atoms with E-state index < -0.39 is 24.4 Å². The van der Waals surface area contributed by atoms with E-state index >= 15 is 0 Å². The summed E-state index contributed by atoms with van der Waals surface area (Å²) >= 11 is 0. The molecular formula is C18H24BNO6. The Hall–Kier alpha value is -1.92. The molecule has 0 spiro atoms. The average molecular weight is 361 g/mol. The second kappa shape index (κ2) is 8.19. The van der Waals surface area contributed by atoms with Crippen LogP contribution in [0.2, 0.25) is 0 Å². The summed E-state index contributed by atoms with van der Waals surface area (Å²) in [6, 6.07) is 9.54. The maximum atomic E-state index is 11.0. The third-order valence-corrected chi connectivity index (χ3v) is 4.58. The summed E-state index contributed by atoms with van der Waals surface area (Å²) in [5, 5.41) is 9.52. The van der Waals surface area contributed by atoms with E-state index in [0.717, 1.165) is 11.0 Å². The maximum Gasteiger partial charge on any atom is 0.494 e. The molecule has 1 aliphatic rings. The minimum atomic E-state index is -1.00. The van der Waals surface area contributed by atoms with Crippen molar-refractivity contribution in [2.75, 3.05) is 13.9 Å². The molecule has 2 atom stereocenters. The lowest BCUT2D eigenvalue weighted by Crippen LogP contribution is -2.54. The molecule has 7 nitrogen and oxygen atoms in total. The summed E-state index contributed by atoms with van der Waals surface area (Å²) in [5.41, 5.74) is -0.187. The van der Waals surface area contributed by atoms with Crippen molar-refractivity contribution >= 4 is 18.6 Å². The zero-order chi connectivity index (χ0) is 19.4. The number of hydrogen-bond donors (Lipinski definition) is 0. The number of carbonyl (C=O) groups excluding carboxylic acids is 1. The van der Waals surface area contributed by atoms with Crippen LogP contribution in [0.4, 0.5) is 0 Å². The van der Waals surface area contributed by atoms with E-state index in [1.54, 1.807) is 6.92 Å². The molecule has 8 heteroatoms. The molecule has 1 aromatic carbocycles. The lowest BCUT2D eigenvalue weighted by atomic mass is 9.78. The summed E-state index contributed by atoms with van der Waals surface area (Å²) in [5.74, 6) is -0.343. The molecule has 0 amide bonds. The smallest absolute Gasteiger partial charge is 0.461 e. The Morgan fingerprint density at radius 2 is 2.08 bits per heavy atom. The van der Waals surface area contributed by atoms with Gasteiger partial charge >= 0.3 is 13.1 Å². The van der Waals surface area contributed by atoms with Gasteiger partial charge in [-0.1, -0.05) is 24.3 Å². The fourth-order valence-corrected chi connectivity index (χ4v) is 2.76. The van der Waals surface area contributed by atoms with E-state index in [-0.39, 0.29) is 19.4 Å². The number of rotatable bonds is 7. The van der Waals surface area contributed by atoms with Crippen LogP contribution in [-0.4, -0.2) is 44.3 Å². The average Bonchev–Trinajstić information content (AvgIpc) is 2.84. The molecule has 1 aliphatic heterocycles. The molecular weight excluding hydrogens is 337 g/mol. The third kappa shape index (κ3) is 4.25. The van der Waals surface area contributed by atoms with Gasteiger partial charge in [-0.15, -0.1) is 0 Å². The highest BCUT2D eigenvalue weighted by Gasteiger charge is 2.59. The highest BCUT2D eigenvalue weighted by Crippen LogP contribution is 2.40. The molecule has 1 fully saturated rings. The fraction of sp³-hybridized carbons (Fsp3) is 0.556. The number of nitriles is 1. The Bertz CT molecular complexity index is 689. The summed E-state index contributed by atoms with van der Waals surface area (Å²) in [7, 11) is 0.819. The predicted octanol–water partition coefficient (Wildman–Crippen LogP) is 1.54. The van der Waals surface area contributed by atoms with E-state index in [1.165, 1.54) is 14.0 Å². The zero-order valence-electron chi connectivity index (χ0n) is 15.8. The van der Waals surface area contributed by atoms with Gasteiger partial charge in [-0.05, 0) is 31.8 Å². The van der Waals surface area contributed by atoms with E-state index in [1.807, 2.05) is 38.1 Å². The number of benzene rings is 1. The van der Waals surface area contributed by atoms with Gasteiger partial charge in [-0.2, -0.15) is 5.26 Å². The standard InChI is InChI=1S/C18H24BNO6/c1-13(21)23-11-14-7-6-8-15(9-14)19-25-17(2,3)18(4,26-19)16(10-20)24-12-22-5/h6-9,16H,11-12H2,1-5H3. The van der Waals surface area contributed by atoms with Gasteiger partial charge in [0.25, 0.3) is 0 Å². The van der Waals surface area contributed by atoms with Crippen molar-refractivity contribution in [1.82, 2.24) is 0 Å². The Morgan fingerprint density at radius 1 is 1.35 bits per heavy atom. The SMILES string of the molecule is COCOC(C#N)C1(C)OB(c2cccc(COC(C)=O)c2)OC1(C)C. The highest BCUT2D eigenvalue weighted by atomic mass is 16.7. The van der Waals surface area contributed by atoms with Gasteiger partial charge in [0.05, 0.1) is 11.7 Å². The van der Waals surface area contributed by atoms with Crippen molar-refractivity contribution in [2.45, 2.75) is 51.6 Å². The Labute approximate surface area is 154 Å². The monoisotopic (exact) mass is 361 g/mol. The molecule has 0 bridgehead atoms. The normalized spacial score (nSPS) is 22.7. The first-order valence-corrected chi connectivity index (χ1v) is 8.31. The van der Waals surface area contributed by atoms with E-state index in [4.69, 9.17) is 23.5 Å². The lowest BCUT2D eigenvalue weighted by Gasteiger charge is -2.38. The summed E-state index contributed by atoms with van der Waals surface area (Å²) < 4.78 is 27.7. The molecule has 0 aliphatic carbocycles. The van der Waals surface area contributed by atoms with Crippen molar-refractivity contribution in [3.63, 3.8) is 0 Å². The quantitative estimate of drug-likeness (QED) is 0.414. The minimum Gasteiger partial charge on any atom is -0.461 e. The first-order valence-electron chi connectivity index (χ1n) is 8.31. The molecule has 0 N–H and O–H groups in total. The molecule has 1 aromatic rings. The molecule has 1 heterocycles. The zero-order valence-corrected chi connectivity index (χ0v) is 15.8. The van der Waals surface area contributed by atoms with Crippen molar-refractivity contribution in [3.8, 4) is 6.07 Å². The van der Waals surface area contributed by atoms with Crippen LogP contribution in [0.5, 0.6) is 0 Å². The molecule has 0 aromatic heterocycles. The van der Waals surface area contributed by atoms with E-state index in [9.17, 15) is 10.1 Å². The number of esters is 1. The topological polar surface area (TPSA) is 87.0 Å². The second-order valence-electron chi connectivity index (χ2n) is 6.79. The van der Waals surface area contributed by atoms with E-state index in [2.05, 4.69) is 6.07 Å². The van der Waals surface area contributed by atoms with Crippen LogP contribution in [0.15, 0.2) is 24.3 Å². The fourth-order valence-electron chi connectivity index (χ4n) is 2.76.